The molecule has 2 unspecified atom stereocenters. The van der Waals surface area contributed by atoms with Crippen molar-refractivity contribution in [3.63, 3.8) is 0 Å². The number of carbonyl (C=O) groups excluding carboxylic acids is 3. The van der Waals surface area contributed by atoms with Crippen LogP contribution in [0.15, 0.2) is 24.3 Å². The summed E-state index contributed by atoms with van der Waals surface area (Å²) in [6.45, 7) is 9.54. The molecule has 1 rings (SSSR count). The van der Waals surface area contributed by atoms with Crippen molar-refractivity contribution in [2.24, 2.45) is 11.8 Å². The molecule has 5 nitrogen and oxygen atoms in total. The summed E-state index contributed by atoms with van der Waals surface area (Å²) in [6, 6.07) is 6.16. The summed E-state index contributed by atoms with van der Waals surface area (Å²) in [7, 11) is 0. The molecule has 0 aromatic heterocycles. The van der Waals surface area contributed by atoms with Gasteiger partial charge in [-0.25, -0.2) is 0 Å². The normalized spacial score (nSPS) is 13.3. The third kappa shape index (κ3) is 7.30. The first-order chi connectivity index (χ1) is 13.2. The van der Waals surface area contributed by atoms with Crippen molar-refractivity contribution >= 4 is 29.4 Å². The zero-order chi connectivity index (χ0) is 21.3. The summed E-state index contributed by atoms with van der Waals surface area (Å²) < 4.78 is 0. The molecular formula is C22H34N2O3S. The Labute approximate surface area is 173 Å². The Morgan fingerprint density at radius 3 is 2.07 bits per heavy atom. The highest BCUT2D eigenvalue weighted by Gasteiger charge is 2.29. The van der Waals surface area contributed by atoms with E-state index in [1.54, 1.807) is 23.9 Å². The Morgan fingerprint density at radius 2 is 1.61 bits per heavy atom. The average Bonchev–Trinajstić information content (AvgIpc) is 2.67. The van der Waals surface area contributed by atoms with Crippen molar-refractivity contribution in [3.8, 4) is 0 Å². The summed E-state index contributed by atoms with van der Waals surface area (Å²) in [4.78, 5) is 37.9. The van der Waals surface area contributed by atoms with Crippen molar-refractivity contribution < 1.29 is 14.4 Å². The van der Waals surface area contributed by atoms with Crippen molar-refractivity contribution in [2.75, 3.05) is 12.0 Å². The van der Waals surface area contributed by atoms with Crippen LogP contribution in [0.4, 0.5) is 0 Å². The van der Waals surface area contributed by atoms with Gasteiger partial charge in [-0.15, -0.1) is 0 Å². The SMILES string of the molecule is CCc1ccc(C(=O)NC(CCSC)C(=O)NC(C(=O)C(C)C)C(C)C)cc1. The predicted molar refractivity (Wildman–Crippen MR) is 117 cm³/mol. The molecule has 2 N–H and O–H groups in total. The van der Waals surface area contributed by atoms with Crippen LogP contribution in [-0.4, -0.2) is 41.7 Å². The van der Waals surface area contributed by atoms with Crippen molar-refractivity contribution in [1.82, 2.24) is 10.6 Å². The Morgan fingerprint density at radius 1 is 1.00 bits per heavy atom. The fraction of sp³-hybridized carbons (Fsp3) is 0.591. The lowest BCUT2D eigenvalue weighted by Gasteiger charge is -2.26. The van der Waals surface area contributed by atoms with Crippen LogP contribution in [0.25, 0.3) is 0 Å². The highest BCUT2D eigenvalue weighted by molar-refractivity contribution is 7.98. The van der Waals surface area contributed by atoms with Gasteiger partial charge in [0.25, 0.3) is 5.91 Å². The second kappa shape index (κ2) is 11.9. The first-order valence-electron chi connectivity index (χ1n) is 9.94. The maximum atomic E-state index is 12.9. The van der Waals surface area contributed by atoms with Gasteiger partial charge in [-0.2, -0.15) is 11.8 Å². The van der Waals surface area contributed by atoms with E-state index in [0.717, 1.165) is 17.7 Å². The number of hydrogen-bond donors (Lipinski definition) is 2. The zero-order valence-electron chi connectivity index (χ0n) is 17.9. The fourth-order valence-corrected chi connectivity index (χ4v) is 3.29. The van der Waals surface area contributed by atoms with Gasteiger partial charge >= 0.3 is 0 Å². The number of amides is 2. The minimum Gasteiger partial charge on any atom is -0.344 e. The van der Waals surface area contributed by atoms with Gasteiger partial charge in [0, 0.05) is 11.5 Å². The molecule has 6 heteroatoms. The van der Waals surface area contributed by atoms with Gasteiger partial charge in [-0.3, -0.25) is 14.4 Å². The number of Topliss-reactive ketones (excluding diaryl/α,β-unsaturated/α-hetero) is 1. The van der Waals surface area contributed by atoms with Crippen LogP contribution < -0.4 is 10.6 Å². The van der Waals surface area contributed by atoms with Gasteiger partial charge in [0.1, 0.15) is 6.04 Å². The van der Waals surface area contributed by atoms with Gasteiger partial charge in [0.2, 0.25) is 5.91 Å². The van der Waals surface area contributed by atoms with Crippen LogP contribution in [0, 0.1) is 11.8 Å². The topological polar surface area (TPSA) is 75.3 Å². The van der Waals surface area contributed by atoms with E-state index in [4.69, 9.17) is 0 Å². The third-order valence-electron chi connectivity index (χ3n) is 4.70. The molecule has 0 saturated carbocycles. The van der Waals surface area contributed by atoms with Crippen molar-refractivity contribution in [3.05, 3.63) is 35.4 Å². The largest absolute Gasteiger partial charge is 0.344 e. The molecule has 0 fully saturated rings. The molecule has 156 valence electrons. The number of rotatable bonds is 11. The number of benzene rings is 1. The molecule has 0 spiro atoms. The number of nitrogens with one attached hydrogen (secondary N) is 2. The Balaban J connectivity index is 2.90. The van der Waals surface area contributed by atoms with Crippen LogP contribution in [0.3, 0.4) is 0 Å². The first kappa shape index (κ1) is 24.2. The Kier molecular flexibility index (Phi) is 10.3. The Hall–Kier alpha value is -1.82. The van der Waals surface area contributed by atoms with Crippen LogP contribution in [0.5, 0.6) is 0 Å². The smallest absolute Gasteiger partial charge is 0.251 e. The van der Waals surface area contributed by atoms with Gasteiger partial charge in [-0.05, 0) is 48.5 Å². The van der Waals surface area contributed by atoms with Crippen LogP contribution in [0.1, 0.15) is 57.0 Å². The molecule has 0 aliphatic rings. The summed E-state index contributed by atoms with van der Waals surface area (Å²) in [5.74, 6) is -0.0206. The molecule has 2 atom stereocenters. The molecule has 0 saturated heterocycles. The van der Waals surface area contributed by atoms with Crippen molar-refractivity contribution in [2.45, 2.75) is 59.5 Å². The minimum absolute atomic E-state index is 0.00782. The summed E-state index contributed by atoms with van der Waals surface area (Å²) in [5.41, 5.74) is 1.68. The van der Waals surface area contributed by atoms with Gasteiger partial charge in [0.05, 0.1) is 6.04 Å². The highest BCUT2D eigenvalue weighted by Crippen LogP contribution is 2.11. The summed E-state index contributed by atoms with van der Waals surface area (Å²) >= 11 is 1.61. The molecule has 0 radical (unpaired) electrons. The Bertz CT molecular complexity index is 656. The zero-order valence-corrected chi connectivity index (χ0v) is 18.7. The van der Waals surface area contributed by atoms with E-state index in [-0.39, 0.29) is 29.4 Å². The van der Waals surface area contributed by atoms with E-state index in [1.807, 2.05) is 46.1 Å². The molecule has 0 aliphatic carbocycles. The number of aryl methyl sites for hydroxylation is 1. The van der Waals surface area contributed by atoms with E-state index in [0.29, 0.717) is 12.0 Å². The van der Waals surface area contributed by atoms with Gasteiger partial charge in [-0.1, -0.05) is 46.8 Å². The molecule has 28 heavy (non-hydrogen) atoms. The number of carbonyl (C=O) groups is 3. The van der Waals surface area contributed by atoms with Crippen LogP contribution >= 0.6 is 11.8 Å². The van der Waals surface area contributed by atoms with Gasteiger partial charge in [0.15, 0.2) is 5.78 Å². The fourth-order valence-electron chi connectivity index (χ4n) is 2.82. The lowest BCUT2D eigenvalue weighted by molar-refractivity contribution is -0.131. The van der Waals surface area contributed by atoms with E-state index < -0.39 is 12.1 Å². The third-order valence-corrected chi connectivity index (χ3v) is 5.34. The summed E-state index contributed by atoms with van der Waals surface area (Å²) in [6.07, 6.45) is 3.37. The maximum absolute atomic E-state index is 12.9. The first-order valence-corrected chi connectivity index (χ1v) is 11.3. The number of thioether (sulfide) groups is 1. The van der Waals surface area contributed by atoms with E-state index >= 15 is 0 Å². The second-order valence-electron chi connectivity index (χ2n) is 7.65. The quantitative estimate of drug-likeness (QED) is 0.590. The predicted octanol–water partition coefficient (Wildman–Crippen LogP) is 3.47. The molecule has 2 amide bonds. The molecule has 0 aliphatic heterocycles. The van der Waals surface area contributed by atoms with E-state index in [2.05, 4.69) is 17.6 Å². The number of ketones is 1. The molecule has 1 aromatic rings. The lowest BCUT2D eigenvalue weighted by Crippen LogP contribution is -2.54. The second-order valence-corrected chi connectivity index (χ2v) is 8.63. The summed E-state index contributed by atoms with van der Waals surface area (Å²) in [5, 5.41) is 5.71. The van der Waals surface area contributed by atoms with Crippen LogP contribution in [0.2, 0.25) is 0 Å². The van der Waals surface area contributed by atoms with Crippen molar-refractivity contribution in [1.29, 1.82) is 0 Å². The number of hydrogen-bond acceptors (Lipinski definition) is 4. The van der Waals surface area contributed by atoms with E-state index in [9.17, 15) is 14.4 Å². The minimum atomic E-state index is -0.674. The average molecular weight is 407 g/mol. The van der Waals surface area contributed by atoms with Crippen LogP contribution in [-0.2, 0) is 16.0 Å². The molecular weight excluding hydrogens is 372 g/mol. The van der Waals surface area contributed by atoms with E-state index in [1.165, 1.54) is 0 Å². The lowest BCUT2D eigenvalue weighted by atomic mass is 9.92. The highest BCUT2D eigenvalue weighted by atomic mass is 32.2. The molecule has 0 bridgehead atoms. The molecule has 1 aromatic carbocycles. The standard InChI is InChI=1S/C22H34N2O3S/c1-7-16-8-10-17(11-9-16)21(26)23-18(12-13-28-6)22(27)24-19(14(2)3)20(25)15(4)5/h8-11,14-15,18-19H,7,12-13H2,1-6H3,(H,23,26)(H,24,27). The molecule has 0 heterocycles. The monoisotopic (exact) mass is 406 g/mol. The van der Waals surface area contributed by atoms with Gasteiger partial charge < -0.3 is 10.6 Å². The maximum Gasteiger partial charge on any atom is 0.251 e.